The monoisotopic (exact) mass is 406 g/mol. The molecule has 0 saturated heterocycles. The van der Waals surface area contributed by atoms with Crippen molar-refractivity contribution in [2.24, 2.45) is 0 Å². The molecule has 0 saturated carbocycles. The Labute approximate surface area is 173 Å². The number of methoxy groups -OCH3 is 3. The summed E-state index contributed by atoms with van der Waals surface area (Å²) in [4.78, 5) is 25.0. The zero-order valence-electron chi connectivity index (χ0n) is 17.1. The summed E-state index contributed by atoms with van der Waals surface area (Å²) in [5, 5.41) is 0.393. The van der Waals surface area contributed by atoms with Gasteiger partial charge in [-0.1, -0.05) is 6.07 Å². The maximum atomic E-state index is 13.1. The Morgan fingerprint density at radius 1 is 1.00 bits per heavy atom. The number of ether oxygens (including phenoxy) is 3. The highest BCUT2D eigenvalue weighted by Crippen LogP contribution is 2.35. The maximum absolute atomic E-state index is 13.1. The zero-order chi connectivity index (χ0) is 21.3. The Morgan fingerprint density at radius 2 is 1.80 bits per heavy atom. The molecule has 0 N–H and O–H groups in total. The summed E-state index contributed by atoms with van der Waals surface area (Å²) in [5.74, 6) is 1.42. The third-order valence-electron chi connectivity index (χ3n) is 5.32. The van der Waals surface area contributed by atoms with Crippen molar-refractivity contribution in [2.75, 3.05) is 21.3 Å². The molecule has 0 radical (unpaired) electrons. The molecule has 1 aliphatic carbocycles. The molecule has 0 spiro atoms. The molecular formula is C24H22O6. The second kappa shape index (κ2) is 8.06. The molecule has 0 aliphatic heterocycles. The molecule has 0 atom stereocenters. The first-order valence-electron chi connectivity index (χ1n) is 9.66. The van der Waals surface area contributed by atoms with E-state index < -0.39 is 5.97 Å². The molecular weight excluding hydrogens is 384 g/mol. The van der Waals surface area contributed by atoms with Gasteiger partial charge in [-0.2, -0.15) is 0 Å². The number of allylic oxidation sites excluding steroid dienone is 1. The van der Waals surface area contributed by atoms with Gasteiger partial charge in [-0.25, -0.2) is 4.79 Å². The van der Waals surface area contributed by atoms with Gasteiger partial charge in [-0.05, 0) is 66.8 Å². The minimum atomic E-state index is -0.483. The van der Waals surface area contributed by atoms with Crippen molar-refractivity contribution in [1.82, 2.24) is 0 Å². The van der Waals surface area contributed by atoms with E-state index in [2.05, 4.69) is 0 Å². The van der Waals surface area contributed by atoms with Gasteiger partial charge in [0.15, 0.2) is 16.9 Å². The highest BCUT2D eigenvalue weighted by molar-refractivity contribution is 5.94. The lowest BCUT2D eigenvalue weighted by molar-refractivity contribution is 0.0601. The van der Waals surface area contributed by atoms with Gasteiger partial charge in [0, 0.05) is 5.56 Å². The first-order chi connectivity index (χ1) is 14.5. The van der Waals surface area contributed by atoms with Crippen LogP contribution in [0.2, 0.25) is 0 Å². The fourth-order valence-electron chi connectivity index (χ4n) is 3.82. The van der Waals surface area contributed by atoms with Gasteiger partial charge in [0.25, 0.3) is 0 Å². The van der Waals surface area contributed by atoms with E-state index >= 15 is 0 Å². The summed E-state index contributed by atoms with van der Waals surface area (Å²) in [7, 11) is 4.50. The minimum Gasteiger partial charge on any atom is -0.493 e. The number of esters is 1. The fraction of sp³-hybridized carbons (Fsp3) is 0.250. The number of hydrogen-bond acceptors (Lipinski definition) is 6. The van der Waals surface area contributed by atoms with Crippen molar-refractivity contribution < 1.29 is 23.4 Å². The normalized spacial score (nSPS) is 14.4. The predicted octanol–water partition coefficient (Wildman–Crippen LogP) is 4.47. The molecule has 1 heterocycles. The smallest absolute Gasteiger partial charge is 0.337 e. The second-order valence-corrected chi connectivity index (χ2v) is 7.08. The van der Waals surface area contributed by atoms with Crippen LogP contribution in [0.1, 0.15) is 40.1 Å². The average molecular weight is 406 g/mol. The van der Waals surface area contributed by atoms with Crippen LogP contribution in [-0.4, -0.2) is 27.3 Å². The van der Waals surface area contributed by atoms with Gasteiger partial charge in [-0.3, -0.25) is 4.79 Å². The molecule has 6 nitrogen and oxygen atoms in total. The number of rotatable bonds is 4. The van der Waals surface area contributed by atoms with Crippen molar-refractivity contribution in [1.29, 1.82) is 0 Å². The predicted molar refractivity (Wildman–Crippen MR) is 114 cm³/mol. The number of carbonyl (C=O) groups excluding carboxylic acids is 1. The lowest BCUT2D eigenvalue weighted by Crippen LogP contribution is -2.16. The van der Waals surface area contributed by atoms with Crippen molar-refractivity contribution in [3.63, 3.8) is 0 Å². The lowest BCUT2D eigenvalue weighted by Gasteiger charge is -2.18. The summed E-state index contributed by atoms with van der Waals surface area (Å²) in [6.45, 7) is 0. The Morgan fingerprint density at radius 3 is 2.53 bits per heavy atom. The summed E-state index contributed by atoms with van der Waals surface area (Å²) >= 11 is 0. The summed E-state index contributed by atoms with van der Waals surface area (Å²) < 4.78 is 21.6. The van der Waals surface area contributed by atoms with Crippen LogP contribution in [0.5, 0.6) is 11.5 Å². The molecule has 0 amide bonds. The first-order valence-corrected chi connectivity index (χ1v) is 9.66. The molecule has 0 fully saturated rings. The van der Waals surface area contributed by atoms with Crippen LogP contribution >= 0.6 is 0 Å². The van der Waals surface area contributed by atoms with E-state index in [9.17, 15) is 9.59 Å². The largest absolute Gasteiger partial charge is 0.493 e. The number of carbonyl (C=O) groups is 1. The van der Waals surface area contributed by atoms with E-state index in [0.29, 0.717) is 45.8 Å². The molecule has 154 valence electrons. The molecule has 30 heavy (non-hydrogen) atoms. The van der Waals surface area contributed by atoms with Gasteiger partial charge in [0.05, 0.1) is 32.3 Å². The molecule has 0 bridgehead atoms. The van der Waals surface area contributed by atoms with E-state index in [1.807, 2.05) is 24.3 Å². The molecule has 6 heteroatoms. The van der Waals surface area contributed by atoms with E-state index in [1.165, 1.54) is 7.11 Å². The topological polar surface area (TPSA) is 75.0 Å². The van der Waals surface area contributed by atoms with E-state index in [1.54, 1.807) is 32.4 Å². The summed E-state index contributed by atoms with van der Waals surface area (Å²) in [6.07, 6.45) is 4.30. The highest BCUT2D eigenvalue weighted by Gasteiger charge is 2.22. The van der Waals surface area contributed by atoms with Crippen molar-refractivity contribution in [3.05, 3.63) is 69.1 Å². The third-order valence-corrected chi connectivity index (χ3v) is 5.32. The lowest BCUT2D eigenvalue weighted by atomic mass is 9.90. The molecule has 4 rings (SSSR count). The molecule has 1 aromatic heterocycles. The Bertz CT molecular complexity index is 1220. The molecule has 3 aromatic rings. The Hall–Kier alpha value is -3.54. The first kappa shape index (κ1) is 19.8. The van der Waals surface area contributed by atoms with E-state index in [4.69, 9.17) is 18.6 Å². The van der Waals surface area contributed by atoms with Gasteiger partial charge < -0.3 is 18.6 Å². The Kier molecular flexibility index (Phi) is 5.31. The quantitative estimate of drug-likeness (QED) is 0.595. The van der Waals surface area contributed by atoms with Crippen LogP contribution < -0.4 is 14.9 Å². The zero-order valence-corrected chi connectivity index (χ0v) is 17.1. The fourth-order valence-corrected chi connectivity index (χ4v) is 3.82. The van der Waals surface area contributed by atoms with Gasteiger partial charge >= 0.3 is 5.97 Å². The van der Waals surface area contributed by atoms with Crippen LogP contribution in [0, 0.1) is 0 Å². The number of fused-ring (bicyclic) bond motifs is 2. The van der Waals surface area contributed by atoms with Crippen molar-refractivity contribution >= 4 is 28.6 Å². The van der Waals surface area contributed by atoms with E-state index in [0.717, 1.165) is 24.0 Å². The van der Waals surface area contributed by atoms with Gasteiger partial charge in [-0.15, -0.1) is 0 Å². The van der Waals surface area contributed by atoms with Gasteiger partial charge in [0.1, 0.15) is 11.3 Å². The summed E-state index contributed by atoms with van der Waals surface area (Å²) in [5.41, 5.74) is 3.21. The van der Waals surface area contributed by atoms with Crippen LogP contribution in [0.4, 0.5) is 0 Å². The van der Waals surface area contributed by atoms with Crippen molar-refractivity contribution in [2.45, 2.75) is 19.3 Å². The number of benzene rings is 2. The minimum absolute atomic E-state index is 0.102. The van der Waals surface area contributed by atoms with Crippen LogP contribution in [-0.2, 0) is 11.2 Å². The van der Waals surface area contributed by atoms with Gasteiger partial charge in [0.2, 0.25) is 0 Å². The van der Waals surface area contributed by atoms with Crippen LogP contribution in [0.25, 0.3) is 22.6 Å². The average Bonchev–Trinajstić information content (AvgIpc) is 2.79. The van der Waals surface area contributed by atoms with Crippen LogP contribution in [0.3, 0.4) is 0 Å². The van der Waals surface area contributed by atoms with Crippen LogP contribution in [0.15, 0.2) is 45.6 Å². The van der Waals surface area contributed by atoms with Crippen molar-refractivity contribution in [3.8, 4) is 11.5 Å². The number of hydrogen-bond donors (Lipinski definition) is 0. The molecule has 2 aromatic carbocycles. The highest BCUT2D eigenvalue weighted by atomic mass is 16.5. The standard InChI is InChI=1S/C24H22O6/c1-27-20-9-7-14(12-21(20)28-2)11-15-5-4-6-17-22(25)18-13-16(24(26)29-3)8-10-19(18)30-23(15)17/h7-13H,4-6H2,1-3H3. The SMILES string of the molecule is COC(=O)c1ccc2oc3c(c(=O)c2c1)CCCC3=Cc1ccc(OC)c(OC)c1. The Balaban J connectivity index is 1.83. The molecule has 1 aliphatic rings. The third kappa shape index (κ3) is 3.45. The maximum Gasteiger partial charge on any atom is 0.337 e. The molecule has 0 unspecified atom stereocenters. The second-order valence-electron chi connectivity index (χ2n) is 7.08. The van der Waals surface area contributed by atoms with E-state index in [-0.39, 0.29) is 5.43 Å². The summed E-state index contributed by atoms with van der Waals surface area (Å²) in [6, 6.07) is 10.5.